The summed E-state index contributed by atoms with van der Waals surface area (Å²) in [6.45, 7) is 16.1. The first-order valence-electron chi connectivity index (χ1n) is 16.3. The molecular weight excluding hydrogens is 510 g/mol. The van der Waals surface area contributed by atoms with Gasteiger partial charge in [-0.1, -0.05) is 77.8 Å². The molecule has 5 heteroatoms. The smallest absolute Gasteiger partial charge is 0.414 e. The second-order valence-corrected chi connectivity index (χ2v) is 15.6. The fourth-order valence-electron chi connectivity index (χ4n) is 9.89. The third-order valence-corrected chi connectivity index (χ3v) is 12.2. The molecule has 6 rings (SSSR count). The molecule has 5 nitrogen and oxygen atoms in total. The molecule has 1 aliphatic heterocycles. The van der Waals surface area contributed by atoms with Crippen LogP contribution in [0.25, 0.3) is 0 Å². The summed E-state index contributed by atoms with van der Waals surface area (Å²) in [6.07, 6.45) is 16.8. The average Bonchev–Trinajstić information content (AvgIpc) is 3.41. The highest BCUT2D eigenvalue weighted by Crippen LogP contribution is 2.73. The maximum atomic E-state index is 15.0. The van der Waals surface area contributed by atoms with Crippen molar-refractivity contribution in [2.75, 3.05) is 6.54 Å². The number of ether oxygens (including phenoxy) is 1. The Hall–Kier alpha value is -2.14. The van der Waals surface area contributed by atoms with Crippen molar-refractivity contribution >= 4 is 11.9 Å². The van der Waals surface area contributed by atoms with E-state index in [0.29, 0.717) is 18.4 Å². The Morgan fingerprint density at radius 1 is 1.24 bits per heavy atom. The number of unbranched alkanes of at least 4 members (excludes halogenated alkanes) is 1. The molecule has 0 aromatic carbocycles. The number of ketones is 1. The number of allylic oxidation sites excluding steroid dienone is 4. The van der Waals surface area contributed by atoms with Crippen LogP contribution < -0.4 is 0 Å². The lowest BCUT2D eigenvalue weighted by Gasteiger charge is -2.53. The fourth-order valence-corrected chi connectivity index (χ4v) is 9.89. The topological polar surface area (TPSA) is 66.8 Å². The Bertz CT molecular complexity index is 1250. The van der Waals surface area contributed by atoms with Crippen molar-refractivity contribution in [1.82, 2.24) is 4.90 Å². The Morgan fingerprint density at radius 2 is 2.00 bits per heavy atom. The normalized spacial score (nSPS) is 42.2. The molecule has 3 fully saturated rings. The van der Waals surface area contributed by atoms with Crippen LogP contribution in [-0.2, 0) is 9.53 Å². The highest BCUT2D eigenvalue weighted by Gasteiger charge is 2.76. The zero-order valence-electron chi connectivity index (χ0n) is 26.3. The Labute approximate surface area is 247 Å². The fraction of sp³-hybridized carbons (Fsp3) is 0.722. The molecule has 2 bridgehead atoms. The summed E-state index contributed by atoms with van der Waals surface area (Å²) in [7, 11) is 0. The van der Waals surface area contributed by atoms with Gasteiger partial charge in [-0.15, -0.1) is 0 Å². The first kappa shape index (κ1) is 29.0. The van der Waals surface area contributed by atoms with E-state index in [4.69, 9.17) is 4.74 Å². The molecular formula is C36H51NO4. The predicted octanol–water partition coefficient (Wildman–Crippen LogP) is 7.77. The van der Waals surface area contributed by atoms with E-state index < -0.39 is 23.2 Å². The summed E-state index contributed by atoms with van der Waals surface area (Å²) in [5, 5.41) is 13.4. The van der Waals surface area contributed by atoms with Gasteiger partial charge in [0.15, 0.2) is 11.9 Å². The van der Waals surface area contributed by atoms with E-state index in [1.807, 2.05) is 13.0 Å². The molecule has 3 saturated carbocycles. The van der Waals surface area contributed by atoms with E-state index in [1.54, 1.807) is 4.90 Å². The number of carbonyl (C=O) groups is 2. The SMILES string of the molecule is CCC/C=C\C1=CCCCN1C(=O)O[C@H]1C(C)=C[C@]23C(=O)[C@@H](C=C4CCC(C)(C)C[C@H]4[C@]12O)C1[C@@H](C[C@H]3C)C1(C)C. The van der Waals surface area contributed by atoms with E-state index in [1.165, 1.54) is 5.57 Å². The zero-order valence-corrected chi connectivity index (χ0v) is 26.3. The quantitative estimate of drug-likeness (QED) is 0.356. The summed E-state index contributed by atoms with van der Waals surface area (Å²) in [4.78, 5) is 30.7. The van der Waals surface area contributed by atoms with Crippen LogP contribution in [0.2, 0.25) is 0 Å². The van der Waals surface area contributed by atoms with Gasteiger partial charge in [0.2, 0.25) is 0 Å². The number of fused-ring (bicyclic) bond motifs is 5. The molecule has 41 heavy (non-hydrogen) atoms. The lowest BCUT2D eigenvalue weighted by Crippen LogP contribution is -2.64. The second kappa shape index (κ2) is 9.69. The molecule has 6 aliphatic rings. The number of aliphatic hydroxyl groups is 1. The number of carbonyl (C=O) groups excluding carboxylic acids is 2. The molecule has 0 saturated heterocycles. The number of hydrogen-bond acceptors (Lipinski definition) is 4. The number of rotatable bonds is 4. The average molecular weight is 562 g/mol. The molecule has 8 atom stereocenters. The maximum Gasteiger partial charge on any atom is 0.414 e. The van der Waals surface area contributed by atoms with Crippen LogP contribution in [0.1, 0.15) is 99.8 Å². The van der Waals surface area contributed by atoms with Crippen LogP contribution in [0, 0.1) is 45.8 Å². The summed E-state index contributed by atoms with van der Waals surface area (Å²) < 4.78 is 6.46. The number of hydrogen-bond donors (Lipinski definition) is 1. The van der Waals surface area contributed by atoms with Crippen LogP contribution >= 0.6 is 0 Å². The minimum Gasteiger partial charge on any atom is -0.438 e. The Kier molecular flexibility index (Phi) is 6.84. The van der Waals surface area contributed by atoms with Crippen LogP contribution in [0.15, 0.2) is 47.2 Å². The van der Waals surface area contributed by atoms with Crippen molar-refractivity contribution in [1.29, 1.82) is 0 Å². The van der Waals surface area contributed by atoms with Crippen molar-refractivity contribution < 1.29 is 19.4 Å². The summed E-state index contributed by atoms with van der Waals surface area (Å²) in [5.74, 6) is 0.477. The molecule has 0 aromatic rings. The van der Waals surface area contributed by atoms with Crippen LogP contribution in [0.5, 0.6) is 0 Å². The summed E-state index contributed by atoms with van der Waals surface area (Å²) in [5.41, 5.74) is 0.506. The number of nitrogens with zero attached hydrogens (tertiary/aromatic N) is 1. The summed E-state index contributed by atoms with van der Waals surface area (Å²) >= 11 is 0. The van der Waals surface area contributed by atoms with Crippen molar-refractivity contribution in [3.63, 3.8) is 0 Å². The zero-order chi connectivity index (χ0) is 29.5. The first-order chi connectivity index (χ1) is 19.3. The van der Waals surface area contributed by atoms with E-state index >= 15 is 0 Å². The van der Waals surface area contributed by atoms with Gasteiger partial charge in [-0.05, 0) is 92.1 Å². The van der Waals surface area contributed by atoms with Gasteiger partial charge in [-0.25, -0.2) is 4.79 Å². The Morgan fingerprint density at radius 3 is 2.73 bits per heavy atom. The van der Waals surface area contributed by atoms with E-state index in [9.17, 15) is 14.7 Å². The van der Waals surface area contributed by atoms with Crippen molar-refractivity contribution in [3.05, 3.63) is 47.2 Å². The lowest BCUT2D eigenvalue weighted by molar-refractivity contribution is -0.182. The van der Waals surface area contributed by atoms with E-state index in [2.05, 4.69) is 65.8 Å². The van der Waals surface area contributed by atoms with E-state index in [-0.39, 0.29) is 34.4 Å². The highest BCUT2D eigenvalue weighted by molar-refractivity contribution is 5.95. The lowest BCUT2D eigenvalue weighted by atomic mass is 9.53. The molecule has 224 valence electrons. The van der Waals surface area contributed by atoms with Crippen molar-refractivity contribution in [2.24, 2.45) is 45.8 Å². The first-order valence-corrected chi connectivity index (χ1v) is 16.3. The second-order valence-electron chi connectivity index (χ2n) is 15.6. The van der Waals surface area contributed by atoms with Crippen molar-refractivity contribution in [2.45, 2.75) is 112 Å². The molecule has 0 aromatic heterocycles. The molecule has 1 unspecified atom stereocenters. The third kappa shape index (κ3) is 4.11. The molecule has 1 N–H and O–H groups in total. The maximum absolute atomic E-state index is 15.0. The van der Waals surface area contributed by atoms with E-state index in [0.717, 1.165) is 62.6 Å². The van der Waals surface area contributed by atoms with Crippen LogP contribution in [0.4, 0.5) is 4.79 Å². The molecule has 1 amide bonds. The summed E-state index contributed by atoms with van der Waals surface area (Å²) in [6, 6.07) is 0. The van der Waals surface area contributed by atoms with Gasteiger partial charge in [-0.3, -0.25) is 9.69 Å². The largest absolute Gasteiger partial charge is 0.438 e. The monoisotopic (exact) mass is 561 g/mol. The van der Waals surface area contributed by atoms with Gasteiger partial charge in [0.1, 0.15) is 5.60 Å². The predicted molar refractivity (Wildman–Crippen MR) is 162 cm³/mol. The third-order valence-electron chi connectivity index (χ3n) is 12.2. The number of amides is 1. The Balaban J connectivity index is 1.43. The minimum atomic E-state index is -1.50. The van der Waals surface area contributed by atoms with Crippen LogP contribution in [0.3, 0.4) is 0 Å². The number of Topliss-reactive ketones (excluding diaryl/α,β-unsaturated/α-hetero) is 1. The molecule has 5 aliphatic carbocycles. The molecule has 1 spiro atoms. The highest BCUT2D eigenvalue weighted by atomic mass is 16.6. The van der Waals surface area contributed by atoms with Crippen molar-refractivity contribution in [3.8, 4) is 0 Å². The van der Waals surface area contributed by atoms with Gasteiger partial charge in [0.25, 0.3) is 0 Å². The van der Waals surface area contributed by atoms with Gasteiger partial charge in [0, 0.05) is 24.1 Å². The van der Waals surface area contributed by atoms with Crippen LogP contribution in [-0.4, -0.2) is 40.1 Å². The molecule has 1 heterocycles. The molecule has 0 radical (unpaired) electrons. The standard InChI is InChI=1S/C36H51NO4/c1-8-9-10-13-25-14-11-12-17-37(25)32(39)41-31-22(2)20-35-23(3)18-27-29(34(27,6)7)26(30(35)38)19-24-15-16-33(4,5)21-28(24)36(31,35)40/h10,13-14,19-20,23,26-29,31,40H,8-9,11-12,15-18,21H2,1-7H3/b13-10-/t23-,26+,27-,28-,29?,31+,35+,36+/m1/s1. The van der Waals surface area contributed by atoms with Gasteiger partial charge >= 0.3 is 6.09 Å². The minimum absolute atomic E-state index is 0.0268. The van der Waals surface area contributed by atoms with Gasteiger partial charge in [0.05, 0.1) is 5.41 Å². The van der Waals surface area contributed by atoms with Gasteiger partial charge in [-0.2, -0.15) is 0 Å². The van der Waals surface area contributed by atoms with Gasteiger partial charge < -0.3 is 9.84 Å².